The molecule has 0 atom stereocenters. The molecule has 2 heterocycles. The molecule has 0 spiro atoms. The number of hydrogen-bond donors (Lipinski definition) is 2. The zero-order valence-corrected chi connectivity index (χ0v) is 11.5. The van der Waals surface area contributed by atoms with Gasteiger partial charge in [0, 0.05) is 37.3 Å². The van der Waals surface area contributed by atoms with E-state index in [1.165, 1.54) is 0 Å². The van der Waals surface area contributed by atoms with Crippen molar-refractivity contribution in [3.63, 3.8) is 0 Å². The largest absolute Gasteiger partial charge is 0.340 e. The molecule has 1 fully saturated rings. The van der Waals surface area contributed by atoms with Crippen molar-refractivity contribution in [1.82, 2.24) is 15.3 Å². The highest BCUT2D eigenvalue weighted by Crippen LogP contribution is 2.20. The summed E-state index contributed by atoms with van der Waals surface area (Å²) in [6.07, 6.45) is 0. The lowest BCUT2D eigenvalue weighted by Gasteiger charge is -2.28. The van der Waals surface area contributed by atoms with Crippen LogP contribution in [-0.2, 0) is 0 Å². The molecule has 3 rings (SSSR count). The zero-order chi connectivity index (χ0) is 13.9. The average molecular weight is 270 g/mol. The molecule has 0 bridgehead atoms. The van der Waals surface area contributed by atoms with Crippen LogP contribution in [0.5, 0.6) is 0 Å². The number of benzene rings is 1. The van der Waals surface area contributed by atoms with Gasteiger partial charge in [-0.1, -0.05) is 30.3 Å². The Balaban J connectivity index is 2.06. The Labute approximate surface area is 117 Å². The predicted octanol–water partition coefficient (Wildman–Crippen LogP) is 1.15. The van der Waals surface area contributed by atoms with E-state index in [4.69, 9.17) is 0 Å². The van der Waals surface area contributed by atoms with Gasteiger partial charge in [0.2, 0.25) is 5.95 Å². The SMILES string of the molecule is Cc1c(-c2ccccc2)nc(N2CCNCC2)[nH]c1=O. The van der Waals surface area contributed by atoms with Gasteiger partial charge >= 0.3 is 0 Å². The van der Waals surface area contributed by atoms with E-state index in [-0.39, 0.29) is 5.56 Å². The van der Waals surface area contributed by atoms with Crippen molar-refractivity contribution in [2.75, 3.05) is 31.1 Å². The van der Waals surface area contributed by atoms with Crippen LogP contribution in [0.15, 0.2) is 35.1 Å². The fourth-order valence-electron chi connectivity index (χ4n) is 2.42. The van der Waals surface area contributed by atoms with Gasteiger partial charge in [-0.25, -0.2) is 4.98 Å². The normalized spacial score (nSPS) is 15.3. The second kappa shape index (κ2) is 5.46. The average Bonchev–Trinajstić information content (AvgIpc) is 2.51. The summed E-state index contributed by atoms with van der Waals surface area (Å²) in [7, 11) is 0. The molecule has 1 aliphatic rings. The van der Waals surface area contributed by atoms with Crippen molar-refractivity contribution in [3.8, 4) is 11.3 Å². The van der Waals surface area contributed by atoms with E-state index in [1.807, 2.05) is 37.3 Å². The number of H-pyrrole nitrogens is 1. The quantitative estimate of drug-likeness (QED) is 0.859. The minimum absolute atomic E-state index is 0.0626. The smallest absolute Gasteiger partial charge is 0.255 e. The van der Waals surface area contributed by atoms with Crippen molar-refractivity contribution in [3.05, 3.63) is 46.2 Å². The molecule has 0 saturated carbocycles. The molecule has 0 radical (unpaired) electrons. The Bertz CT molecular complexity index is 645. The molecule has 1 aromatic heterocycles. The van der Waals surface area contributed by atoms with E-state index in [1.54, 1.807) is 0 Å². The van der Waals surface area contributed by atoms with Crippen LogP contribution < -0.4 is 15.8 Å². The number of aromatic nitrogens is 2. The maximum atomic E-state index is 12.1. The van der Waals surface area contributed by atoms with Crippen molar-refractivity contribution in [2.24, 2.45) is 0 Å². The van der Waals surface area contributed by atoms with E-state index >= 15 is 0 Å². The maximum absolute atomic E-state index is 12.1. The lowest BCUT2D eigenvalue weighted by atomic mass is 10.1. The fourth-order valence-corrected chi connectivity index (χ4v) is 2.42. The first-order valence-electron chi connectivity index (χ1n) is 6.88. The van der Waals surface area contributed by atoms with E-state index in [0.717, 1.165) is 37.4 Å². The number of rotatable bonds is 2. The number of piperazine rings is 1. The van der Waals surface area contributed by atoms with E-state index in [9.17, 15) is 4.79 Å². The summed E-state index contributed by atoms with van der Waals surface area (Å²) >= 11 is 0. The van der Waals surface area contributed by atoms with Crippen LogP contribution in [-0.4, -0.2) is 36.1 Å². The Kier molecular flexibility index (Phi) is 3.52. The minimum atomic E-state index is -0.0626. The Hall–Kier alpha value is -2.14. The first-order chi connectivity index (χ1) is 9.75. The van der Waals surface area contributed by atoms with Crippen LogP contribution in [0.25, 0.3) is 11.3 Å². The summed E-state index contributed by atoms with van der Waals surface area (Å²) in [5, 5.41) is 3.30. The molecule has 20 heavy (non-hydrogen) atoms. The lowest BCUT2D eigenvalue weighted by Crippen LogP contribution is -2.44. The highest BCUT2D eigenvalue weighted by molar-refractivity contribution is 5.63. The Morgan fingerprint density at radius 1 is 1.15 bits per heavy atom. The summed E-state index contributed by atoms with van der Waals surface area (Å²) in [4.78, 5) is 21.8. The van der Waals surface area contributed by atoms with Gasteiger partial charge in [-0.15, -0.1) is 0 Å². The zero-order valence-electron chi connectivity index (χ0n) is 11.5. The van der Waals surface area contributed by atoms with E-state index in [2.05, 4.69) is 20.2 Å². The minimum Gasteiger partial charge on any atom is -0.340 e. The van der Waals surface area contributed by atoms with Crippen molar-refractivity contribution >= 4 is 5.95 Å². The number of hydrogen-bond acceptors (Lipinski definition) is 4. The highest BCUT2D eigenvalue weighted by atomic mass is 16.1. The summed E-state index contributed by atoms with van der Waals surface area (Å²) < 4.78 is 0. The molecule has 0 aliphatic carbocycles. The standard InChI is InChI=1S/C15H18N4O/c1-11-13(12-5-3-2-4-6-12)17-15(18-14(11)20)19-9-7-16-8-10-19/h2-6,16H,7-10H2,1H3,(H,17,18,20). The molecule has 2 N–H and O–H groups in total. The first-order valence-corrected chi connectivity index (χ1v) is 6.88. The number of anilines is 1. The lowest BCUT2D eigenvalue weighted by molar-refractivity contribution is 0.579. The van der Waals surface area contributed by atoms with Crippen LogP contribution in [0.3, 0.4) is 0 Å². The molecule has 1 aromatic carbocycles. The Morgan fingerprint density at radius 3 is 2.55 bits per heavy atom. The molecule has 2 aromatic rings. The molecule has 1 saturated heterocycles. The van der Waals surface area contributed by atoms with Crippen LogP contribution in [0, 0.1) is 6.92 Å². The fraction of sp³-hybridized carbons (Fsp3) is 0.333. The number of nitrogens with one attached hydrogen (secondary N) is 2. The van der Waals surface area contributed by atoms with Gasteiger partial charge in [0.1, 0.15) is 0 Å². The molecule has 104 valence electrons. The Morgan fingerprint density at radius 2 is 1.85 bits per heavy atom. The van der Waals surface area contributed by atoms with Crippen LogP contribution in [0.1, 0.15) is 5.56 Å². The van der Waals surface area contributed by atoms with E-state index < -0.39 is 0 Å². The van der Waals surface area contributed by atoms with Crippen molar-refractivity contribution < 1.29 is 0 Å². The molecule has 5 nitrogen and oxygen atoms in total. The highest BCUT2D eigenvalue weighted by Gasteiger charge is 2.16. The number of nitrogens with zero attached hydrogens (tertiary/aromatic N) is 2. The second-order valence-electron chi connectivity index (χ2n) is 4.97. The van der Waals surface area contributed by atoms with Gasteiger partial charge in [0.25, 0.3) is 5.56 Å². The molecular formula is C15H18N4O. The van der Waals surface area contributed by atoms with Crippen LogP contribution in [0.4, 0.5) is 5.95 Å². The molecule has 0 amide bonds. The van der Waals surface area contributed by atoms with E-state index in [0.29, 0.717) is 11.5 Å². The monoisotopic (exact) mass is 270 g/mol. The van der Waals surface area contributed by atoms with Gasteiger partial charge in [-0.3, -0.25) is 9.78 Å². The van der Waals surface area contributed by atoms with Crippen molar-refractivity contribution in [2.45, 2.75) is 6.92 Å². The summed E-state index contributed by atoms with van der Waals surface area (Å²) in [5.74, 6) is 0.668. The summed E-state index contributed by atoms with van der Waals surface area (Å²) in [6, 6.07) is 9.85. The van der Waals surface area contributed by atoms with Gasteiger partial charge in [-0.05, 0) is 6.92 Å². The number of aromatic amines is 1. The molecule has 1 aliphatic heterocycles. The van der Waals surface area contributed by atoms with Crippen LogP contribution in [0.2, 0.25) is 0 Å². The van der Waals surface area contributed by atoms with Gasteiger partial charge < -0.3 is 10.2 Å². The maximum Gasteiger partial charge on any atom is 0.255 e. The van der Waals surface area contributed by atoms with Gasteiger partial charge in [0.05, 0.1) is 5.69 Å². The second-order valence-corrected chi connectivity index (χ2v) is 4.97. The third kappa shape index (κ3) is 2.44. The molecule has 5 heteroatoms. The van der Waals surface area contributed by atoms with Crippen LogP contribution >= 0.6 is 0 Å². The van der Waals surface area contributed by atoms with Gasteiger partial charge in [-0.2, -0.15) is 0 Å². The summed E-state index contributed by atoms with van der Waals surface area (Å²) in [5.41, 5.74) is 2.35. The van der Waals surface area contributed by atoms with Crippen molar-refractivity contribution in [1.29, 1.82) is 0 Å². The topological polar surface area (TPSA) is 61.0 Å². The third-order valence-electron chi connectivity index (χ3n) is 3.60. The third-order valence-corrected chi connectivity index (χ3v) is 3.60. The first kappa shape index (κ1) is 12.9. The molecule has 0 unspecified atom stereocenters. The summed E-state index contributed by atoms with van der Waals surface area (Å²) in [6.45, 7) is 5.37. The predicted molar refractivity (Wildman–Crippen MR) is 80.1 cm³/mol. The van der Waals surface area contributed by atoms with Gasteiger partial charge in [0.15, 0.2) is 0 Å². The molecular weight excluding hydrogens is 252 g/mol.